The van der Waals surface area contributed by atoms with Crippen LogP contribution < -0.4 is 15.8 Å². The lowest BCUT2D eigenvalue weighted by molar-refractivity contribution is -0.120. The number of nitrogen functional groups attached to an aromatic ring is 1. The summed E-state index contributed by atoms with van der Waals surface area (Å²) in [7, 11) is -1.66. The molecule has 1 aromatic rings. The van der Waals surface area contributed by atoms with Gasteiger partial charge in [0, 0.05) is 24.7 Å². The van der Waals surface area contributed by atoms with E-state index in [0.717, 1.165) is 6.42 Å². The van der Waals surface area contributed by atoms with Crippen LogP contribution in [0.5, 0.6) is 5.75 Å². The van der Waals surface area contributed by atoms with E-state index in [-0.39, 0.29) is 30.0 Å². The Kier molecular flexibility index (Phi) is 8.66. The normalized spacial score (nSPS) is 15.9. The molecule has 1 aliphatic heterocycles. The molecular formula is C17H28ClN3O4S. The van der Waals surface area contributed by atoms with Crippen molar-refractivity contribution in [2.45, 2.75) is 32.6 Å². The Morgan fingerprint density at radius 1 is 1.35 bits per heavy atom. The van der Waals surface area contributed by atoms with E-state index in [2.05, 4.69) is 5.32 Å². The van der Waals surface area contributed by atoms with Crippen LogP contribution in [-0.2, 0) is 14.8 Å². The summed E-state index contributed by atoms with van der Waals surface area (Å²) in [6, 6.07) is 5.09. The molecule has 0 spiro atoms. The molecule has 1 saturated heterocycles. The first-order valence-corrected chi connectivity index (χ1v) is 10.2. The van der Waals surface area contributed by atoms with E-state index in [1.807, 2.05) is 6.92 Å². The lowest BCUT2D eigenvalue weighted by Crippen LogP contribution is -2.42. The van der Waals surface area contributed by atoms with Gasteiger partial charge >= 0.3 is 0 Å². The number of hydrogen-bond acceptors (Lipinski definition) is 5. The highest BCUT2D eigenvalue weighted by Gasteiger charge is 2.30. The quantitative estimate of drug-likeness (QED) is 0.678. The number of ether oxygens (including phenoxy) is 1. The SMILES string of the molecule is CCCCS(=O)(=O)N1CCC(C(=O)Nc2ccc(OC)c(N)c2)CC1.Cl. The van der Waals surface area contributed by atoms with E-state index in [4.69, 9.17) is 10.5 Å². The third-order valence-corrected chi connectivity index (χ3v) is 6.43. The molecule has 1 aliphatic rings. The Hall–Kier alpha value is -1.51. The largest absolute Gasteiger partial charge is 0.495 e. The van der Waals surface area contributed by atoms with Crippen molar-refractivity contribution in [3.05, 3.63) is 18.2 Å². The van der Waals surface area contributed by atoms with Crippen molar-refractivity contribution < 1.29 is 17.9 Å². The van der Waals surface area contributed by atoms with Crippen LogP contribution in [0.25, 0.3) is 0 Å². The van der Waals surface area contributed by atoms with Crippen LogP contribution in [0.3, 0.4) is 0 Å². The number of nitrogens with one attached hydrogen (secondary N) is 1. The first kappa shape index (κ1) is 22.5. The van der Waals surface area contributed by atoms with Gasteiger partial charge in [-0.15, -0.1) is 12.4 Å². The monoisotopic (exact) mass is 405 g/mol. The molecule has 2 rings (SSSR count). The second-order valence-corrected chi connectivity index (χ2v) is 8.38. The third kappa shape index (κ3) is 5.75. The maximum absolute atomic E-state index is 12.4. The number of rotatable bonds is 7. The van der Waals surface area contributed by atoms with Crippen LogP contribution >= 0.6 is 12.4 Å². The molecule has 26 heavy (non-hydrogen) atoms. The van der Waals surface area contributed by atoms with Crippen LogP contribution in [0.1, 0.15) is 32.6 Å². The van der Waals surface area contributed by atoms with Crippen molar-refractivity contribution in [3.63, 3.8) is 0 Å². The van der Waals surface area contributed by atoms with Crippen molar-refractivity contribution >= 4 is 39.7 Å². The minimum Gasteiger partial charge on any atom is -0.495 e. The molecule has 1 aromatic carbocycles. The molecule has 0 saturated carbocycles. The first-order chi connectivity index (χ1) is 11.9. The van der Waals surface area contributed by atoms with E-state index in [1.54, 1.807) is 18.2 Å². The number of amides is 1. The number of carbonyl (C=O) groups is 1. The second-order valence-electron chi connectivity index (χ2n) is 6.29. The van der Waals surface area contributed by atoms with Gasteiger partial charge in [0.15, 0.2) is 0 Å². The Morgan fingerprint density at radius 2 is 2.00 bits per heavy atom. The van der Waals surface area contributed by atoms with Crippen molar-refractivity contribution in [1.29, 1.82) is 0 Å². The average Bonchev–Trinajstić information content (AvgIpc) is 2.60. The number of piperidine rings is 1. The number of benzene rings is 1. The number of sulfonamides is 1. The number of nitrogens with zero attached hydrogens (tertiary/aromatic N) is 1. The Bertz CT molecular complexity index is 704. The van der Waals surface area contributed by atoms with Gasteiger partial charge in [0.2, 0.25) is 15.9 Å². The highest BCUT2D eigenvalue weighted by atomic mass is 35.5. The van der Waals surface area contributed by atoms with Crippen LogP contribution in [0.15, 0.2) is 18.2 Å². The maximum Gasteiger partial charge on any atom is 0.227 e. The fraction of sp³-hybridized carbons (Fsp3) is 0.588. The number of carbonyl (C=O) groups excluding carboxylic acids is 1. The fourth-order valence-corrected chi connectivity index (χ4v) is 4.59. The minimum absolute atomic E-state index is 0. The van der Waals surface area contributed by atoms with E-state index in [9.17, 15) is 13.2 Å². The number of nitrogens with two attached hydrogens (primary N) is 1. The van der Waals surface area contributed by atoms with E-state index in [0.29, 0.717) is 49.5 Å². The van der Waals surface area contributed by atoms with Gasteiger partial charge in [-0.25, -0.2) is 12.7 Å². The molecule has 1 amide bonds. The highest BCUT2D eigenvalue weighted by molar-refractivity contribution is 7.89. The standard InChI is InChI=1S/C17H27N3O4S.ClH/c1-3-4-11-25(22,23)20-9-7-13(8-10-20)17(21)19-14-5-6-16(24-2)15(18)12-14;/h5-6,12-13H,3-4,7-11,18H2,1-2H3,(H,19,21);1H. The number of hydrogen-bond donors (Lipinski definition) is 2. The van der Waals surface area contributed by atoms with Crippen molar-refractivity contribution in [1.82, 2.24) is 4.31 Å². The molecule has 0 aromatic heterocycles. The molecule has 0 atom stereocenters. The summed E-state index contributed by atoms with van der Waals surface area (Å²) in [5, 5.41) is 2.85. The Balaban J connectivity index is 0.00000338. The third-order valence-electron chi connectivity index (χ3n) is 4.47. The summed E-state index contributed by atoms with van der Waals surface area (Å²) in [6.45, 7) is 2.77. The summed E-state index contributed by atoms with van der Waals surface area (Å²) in [5.74, 6) is 0.450. The van der Waals surface area contributed by atoms with Crippen molar-refractivity contribution in [2.24, 2.45) is 5.92 Å². The summed E-state index contributed by atoms with van der Waals surface area (Å²) < 4.78 is 31.0. The molecule has 0 aliphatic carbocycles. The summed E-state index contributed by atoms with van der Waals surface area (Å²) >= 11 is 0. The molecule has 7 nitrogen and oxygen atoms in total. The van der Waals surface area contributed by atoms with Gasteiger partial charge in [-0.1, -0.05) is 13.3 Å². The van der Waals surface area contributed by atoms with Gasteiger partial charge in [-0.05, 0) is 37.5 Å². The second kappa shape index (κ2) is 9.99. The summed E-state index contributed by atoms with van der Waals surface area (Å²) in [5.41, 5.74) is 6.91. The lowest BCUT2D eigenvalue weighted by atomic mass is 9.97. The van der Waals surface area contributed by atoms with Crippen LogP contribution in [0.2, 0.25) is 0 Å². The van der Waals surface area contributed by atoms with Crippen molar-refractivity contribution in [3.8, 4) is 5.75 Å². The lowest BCUT2D eigenvalue weighted by Gasteiger charge is -2.30. The predicted octanol–water partition coefficient (Wildman–Crippen LogP) is 2.48. The number of anilines is 2. The van der Waals surface area contributed by atoms with Gasteiger partial charge < -0.3 is 15.8 Å². The van der Waals surface area contributed by atoms with Gasteiger partial charge in [0.1, 0.15) is 5.75 Å². The topological polar surface area (TPSA) is 102 Å². The molecule has 9 heteroatoms. The van der Waals surface area contributed by atoms with Gasteiger partial charge in [-0.2, -0.15) is 0 Å². The smallest absolute Gasteiger partial charge is 0.227 e. The number of halogens is 1. The highest BCUT2D eigenvalue weighted by Crippen LogP contribution is 2.26. The zero-order chi connectivity index (χ0) is 18.4. The van der Waals surface area contributed by atoms with Gasteiger partial charge in [-0.3, -0.25) is 4.79 Å². The van der Waals surface area contributed by atoms with Crippen LogP contribution in [0.4, 0.5) is 11.4 Å². The van der Waals surface area contributed by atoms with Gasteiger partial charge in [0.05, 0.1) is 18.6 Å². The molecule has 1 heterocycles. The minimum atomic E-state index is -3.20. The molecule has 1 fully saturated rings. The first-order valence-electron chi connectivity index (χ1n) is 8.59. The van der Waals surface area contributed by atoms with E-state index in [1.165, 1.54) is 11.4 Å². The van der Waals surface area contributed by atoms with Gasteiger partial charge in [0.25, 0.3) is 0 Å². The Morgan fingerprint density at radius 3 is 2.54 bits per heavy atom. The van der Waals surface area contributed by atoms with Crippen LogP contribution in [0, 0.1) is 5.92 Å². The predicted molar refractivity (Wildman–Crippen MR) is 106 cm³/mol. The molecular weight excluding hydrogens is 378 g/mol. The average molecular weight is 406 g/mol. The Labute approximate surface area is 161 Å². The van der Waals surface area contributed by atoms with E-state index < -0.39 is 10.0 Å². The van der Waals surface area contributed by atoms with E-state index >= 15 is 0 Å². The fourth-order valence-electron chi connectivity index (χ4n) is 2.91. The summed E-state index contributed by atoms with van der Waals surface area (Å²) in [4.78, 5) is 12.4. The zero-order valence-corrected chi connectivity index (χ0v) is 16.9. The number of unbranched alkanes of at least 4 members (excludes halogenated alkanes) is 1. The zero-order valence-electron chi connectivity index (χ0n) is 15.2. The molecule has 0 unspecified atom stereocenters. The van der Waals surface area contributed by atoms with Crippen molar-refractivity contribution in [2.75, 3.05) is 37.0 Å². The molecule has 3 N–H and O–H groups in total. The number of methoxy groups -OCH3 is 1. The molecule has 0 bridgehead atoms. The molecule has 0 radical (unpaired) electrons. The summed E-state index contributed by atoms with van der Waals surface area (Å²) in [6.07, 6.45) is 2.58. The molecule has 148 valence electrons. The maximum atomic E-state index is 12.4. The van der Waals surface area contributed by atoms with Crippen LogP contribution in [-0.4, -0.2) is 44.6 Å².